The number of imide groups is 2. The van der Waals surface area contributed by atoms with Crippen molar-refractivity contribution in [3.05, 3.63) is 96.3 Å². The quantitative estimate of drug-likeness (QED) is 0.346. The predicted octanol–water partition coefficient (Wildman–Crippen LogP) is 5.25. The molecular weight excluding hydrogens is 424 g/mol. The molecular formula is C25H16N2O4S. The third-order valence-corrected chi connectivity index (χ3v) is 5.96. The minimum Gasteiger partial charge on any atom is -0.450 e. The summed E-state index contributed by atoms with van der Waals surface area (Å²) in [5.74, 6) is -1.12. The Kier molecular flexibility index (Phi) is 5.09. The first kappa shape index (κ1) is 19.8. The lowest BCUT2D eigenvalue weighted by atomic mass is 10.1. The summed E-state index contributed by atoms with van der Waals surface area (Å²) in [4.78, 5) is 39.5. The second-order valence-electron chi connectivity index (χ2n) is 7.03. The van der Waals surface area contributed by atoms with Crippen LogP contribution in [0.1, 0.15) is 5.76 Å². The van der Waals surface area contributed by atoms with E-state index >= 15 is 0 Å². The first-order valence-corrected chi connectivity index (χ1v) is 10.6. The largest absolute Gasteiger partial charge is 0.450 e. The van der Waals surface area contributed by atoms with Gasteiger partial charge in [0.2, 0.25) is 0 Å². The molecule has 1 aliphatic rings. The molecule has 1 fully saturated rings. The third-order valence-electron chi connectivity index (χ3n) is 4.96. The van der Waals surface area contributed by atoms with Crippen molar-refractivity contribution >= 4 is 52.1 Å². The zero-order chi connectivity index (χ0) is 22.1. The first-order valence-electron chi connectivity index (χ1n) is 9.82. The Morgan fingerprint density at radius 2 is 1.56 bits per heavy atom. The molecule has 156 valence electrons. The molecule has 0 atom stereocenters. The number of carbonyl (C=O) groups excluding carboxylic acids is 3. The number of anilines is 1. The fourth-order valence-corrected chi connectivity index (χ4v) is 4.40. The van der Waals surface area contributed by atoms with Gasteiger partial charge >= 0.3 is 6.03 Å². The minimum atomic E-state index is -0.782. The molecule has 3 aromatic carbocycles. The predicted molar refractivity (Wildman–Crippen MR) is 122 cm³/mol. The second-order valence-corrected chi connectivity index (χ2v) is 8.08. The maximum Gasteiger partial charge on any atom is 0.335 e. The van der Waals surface area contributed by atoms with Crippen LogP contribution in [0.4, 0.5) is 10.5 Å². The van der Waals surface area contributed by atoms with Crippen LogP contribution in [0.15, 0.2) is 105 Å². The highest BCUT2D eigenvalue weighted by atomic mass is 32.2. The van der Waals surface area contributed by atoms with Crippen LogP contribution >= 0.6 is 11.8 Å². The van der Waals surface area contributed by atoms with Crippen LogP contribution in [0.3, 0.4) is 0 Å². The summed E-state index contributed by atoms with van der Waals surface area (Å²) in [5, 5.41) is 5.06. The molecule has 0 radical (unpaired) electrons. The highest BCUT2D eigenvalue weighted by Gasteiger charge is 2.36. The van der Waals surface area contributed by atoms with E-state index in [1.807, 2.05) is 42.5 Å². The number of amides is 4. The Hall–Kier alpha value is -4.10. The number of furan rings is 1. The van der Waals surface area contributed by atoms with Crippen molar-refractivity contribution in [3.63, 3.8) is 0 Å². The van der Waals surface area contributed by atoms with Gasteiger partial charge in [-0.2, -0.15) is 0 Å². The average Bonchev–Trinajstić information content (AvgIpc) is 3.24. The van der Waals surface area contributed by atoms with Gasteiger partial charge in [0.15, 0.2) is 5.09 Å². The summed E-state index contributed by atoms with van der Waals surface area (Å²) in [6.45, 7) is 0. The number of nitrogens with one attached hydrogen (secondary N) is 1. The number of carbonyl (C=O) groups is 3. The van der Waals surface area contributed by atoms with E-state index in [4.69, 9.17) is 4.42 Å². The van der Waals surface area contributed by atoms with Crippen LogP contribution in [0.5, 0.6) is 0 Å². The van der Waals surface area contributed by atoms with Crippen molar-refractivity contribution < 1.29 is 18.8 Å². The molecule has 1 saturated heterocycles. The van der Waals surface area contributed by atoms with Gasteiger partial charge in [0.1, 0.15) is 11.3 Å². The van der Waals surface area contributed by atoms with Gasteiger partial charge < -0.3 is 4.42 Å². The van der Waals surface area contributed by atoms with Crippen LogP contribution in [-0.2, 0) is 9.59 Å². The molecule has 1 N–H and O–H groups in total. The highest BCUT2D eigenvalue weighted by molar-refractivity contribution is 7.99. The number of para-hydroxylation sites is 1. The lowest BCUT2D eigenvalue weighted by Crippen LogP contribution is -2.54. The van der Waals surface area contributed by atoms with E-state index in [9.17, 15) is 14.4 Å². The van der Waals surface area contributed by atoms with E-state index in [1.54, 1.807) is 42.5 Å². The number of hydrogen-bond acceptors (Lipinski definition) is 5. The number of barbiturate groups is 1. The van der Waals surface area contributed by atoms with Crippen molar-refractivity contribution in [2.45, 2.75) is 9.99 Å². The van der Waals surface area contributed by atoms with Gasteiger partial charge in [0.25, 0.3) is 11.8 Å². The number of benzene rings is 3. The number of fused-ring (bicyclic) bond motifs is 1. The lowest BCUT2D eigenvalue weighted by Gasteiger charge is -2.26. The number of rotatable bonds is 4. The van der Waals surface area contributed by atoms with Crippen molar-refractivity contribution in [1.29, 1.82) is 0 Å². The molecule has 0 spiro atoms. The maximum absolute atomic E-state index is 12.9. The summed E-state index contributed by atoms with van der Waals surface area (Å²) < 4.78 is 5.85. The Morgan fingerprint density at radius 1 is 0.812 bits per heavy atom. The zero-order valence-electron chi connectivity index (χ0n) is 16.6. The summed E-state index contributed by atoms with van der Waals surface area (Å²) >= 11 is 1.45. The Labute approximate surface area is 187 Å². The van der Waals surface area contributed by atoms with Crippen LogP contribution in [-0.4, -0.2) is 17.8 Å². The van der Waals surface area contributed by atoms with Crippen molar-refractivity contribution in [3.8, 4) is 0 Å². The minimum absolute atomic E-state index is 0.176. The normalized spacial score (nSPS) is 15.4. The number of urea groups is 1. The Bertz CT molecular complexity index is 1390. The molecule has 6 nitrogen and oxygen atoms in total. The van der Waals surface area contributed by atoms with Crippen LogP contribution in [0.2, 0.25) is 0 Å². The summed E-state index contributed by atoms with van der Waals surface area (Å²) in [6, 6.07) is 25.2. The maximum atomic E-state index is 12.9. The zero-order valence-corrected chi connectivity index (χ0v) is 17.5. The van der Waals surface area contributed by atoms with Crippen LogP contribution in [0.25, 0.3) is 16.8 Å². The highest BCUT2D eigenvalue weighted by Crippen LogP contribution is 2.35. The third kappa shape index (κ3) is 3.70. The van der Waals surface area contributed by atoms with Crippen molar-refractivity contribution in [1.82, 2.24) is 5.32 Å². The molecule has 4 amide bonds. The summed E-state index contributed by atoms with van der Waals surface area (Å²) in [5.41, 5.74) is 0.199. The molecule has 32 heavy (non-hydrogen) atoms. The second kappa shape index (κ2) is 8.20. The molecule has 0 saturated carbocycles. The fourth-order valence-electron chi connectivity index (χ4n) is 3.47. The van der Waals surface area contributed by atoms with Gasteiger partial charge in [-0.05, 0) is 47.2 Å². The molecule has 1 aromatic heterocycles. The molecule has 0 aliphatic carbocycles. The topological polar surface area (TPSA) is 79.6 Å². The van der Waals surface area contributed by atoms with Gasteiger partial charge in [-0.1, -0.05) is 66.4 Å². The SMILES string of the molecule is O=C1NC(=O)N(c2ccccc2)C(=O)C1=Cc1ccc(Sc2cccc3ccccc23)o1. The van der Waals surface area contributed by atoms with Crippen molar-refractivity contribution in [2.24, 2.45) is 0 Å². The fraction of sp³-hybridized carbons (Fsp3) is 0. The molecule has 0 unspecified atom stereocenters. The standard InChI is InChI=1S/C25H16N2O4S/c28-23-20(24(29)27(25(30)26-23)17-9-2-1-3-10-17)15-18-13-14-22(31-18)32-21-12-6-8-16-7-4-5-11-19(16)21/h1-15H,(H,26,28,30). The first-order chi connectivity index (χ1) is 15.6. The van der Waals surface area contributed by atoms with Crippen LogP contribution < -0.4 is 10.2 Å². The summed E-state index contributed by atoms with van der Waals surface area (Å²) in [7, 11) is 0. The van der Waals surface area contributed by atoms with E-state index < -0.39 is 17.8 Å². The monoisotopic (exact) mass is 440 g/mol. The Balaban J connectivity index is 1.43. The smallest absolute Gasteiger partial charge is 0.335 e. The molecule has 0 bridgehead atoms. The van der Waals surface area contributed by atoms with Gasteiger partial charge in [-0.3, -0.25) is 14.9 Å². The van der Waals surface area contributed by atoms with E-state index in [0.29, 0.717) is 16.5 Å². The van der Waals surface area contributed by atoms with E-state index in [0.717, 1.165) is 20.6 Å². The summed E-state index contributed by atoms with van der Waals surface area (Å²) in [6.07, 6.45) is 1.35. The van der Waals surface area contributed by atoms with E-state index in [-0.39, 0.29) is 5.57 Å². The van der Waals surface area contributed by atoms with E-state index in [2.05, 4.69) is 5.32 Å². The Morgan fingerprint density at radius 3 is 2.41 bits per heavy atom. The lowest BCUT2D eigenvalue weighted by molar-refractivity contribution is -0.122. The van der Waals surface area contributed by atoms with E-state index in [1.165, 1.54) is 17.8 Å². The van der Waals surface area contributed by atoms with Gasteiger partial charge in [0, 0.05) is 4.90 Å². The van der Waals surface area contributed by atoms with Crippen molar-refractivity contribution in [2.75, 3.05) is 4.90 Å². The molecule has 2 heterocycles. The number of nitrogens with zero attached hydrogens (tertiary/aromatic N) is 1. The average molecular weight is 440 g/mol. The van der Waals surface area contributed by atoms with Gasteiger partial charge in [0.05, 0.1) is 5.69 Å². The molecule has 1 aliphatic heterocycles. The van der Waals surface area contributed by atoms with Gasteiger partial charge in [-0.15, -0.1) is 0 Å². The molecule has 7 heteroatoms. The number of hydrogen-bond donors (Lipinski definition) is 1. The molecule has 5 rings (SSSR count). The molecule has 4 aromatic rings. The van der Waals surface area contributed by atoms with Crippen LogP contribution in [0, 0.1) is 0 Å². The van der Waals surface area contributed by atoms with Gasteiger partial charge in [-0.25, -0.2) is 9.69 Å².